The number of carbonyl (C=O) groups is 2. The Balaban J connectivity index is 2.04. The molecule has 3 N–H and O–H groups in total. The molecule has 0 saturated carbocycles. The second kappa shape index (κ2) is 9.08. The number of nitrogens with one attached hydrogen (secondary N) is 1. The van der Waals surface area contributed by atoms with E-state index in [1.165, 1.54) is 0 Å². The molecular weight excluding hydrogens is 322 g/mol. The normalized spacial score (nSPS) is 18.5. The van der Waals surface area contributed by atoms with Gasteiger partial charge in [0.15, 0.2) is 0 Å². The fourth-order valence-electron chi connectivity index (χ4n) is 2.97. The summed E-state index contributed by atoms with van der Waals surface area (Å²) in [6.45, 7) is 3.99. The predicted octanol–water partition coefficient (Wildman–Crippen LogP) is 1.65. The molecule has 1 aliphatic heterocycles. The SMILES string of the molecule is CSCCC(NC(=O)c1cccc(C)c1)C(=O)N1CCC(CN)C1. The third kappa shape index (κ3) is 4.98. The van der Waals surface area contributed by atoms with E-state index in [4.69, 9.17) is 5.73 Å². The van der Waals surface area contributed by atoms with Gasteiger partial charge in [0.25, 0.3) is 5.91 Å². The Hall–Kier alpha value is -1.53. The van der Waals surface area contributed by atoms with Crippen LogP contribution in [0.1, 0.15) is 28.8 Å². The summed E-state index contributed by atoms with van der Waals surface area (Å²) in [6.07, 6.45) is 3.59. The van der Waals surface area contributed by atoms with E-state index in [9.17, 15) is 9.59 Å². The second-order valence-corrected chi connectivity index (χ2v) is 7.34. The lowest BCUT2D eigenvalue weighted by Crippen LogP contribution is -2.48. The van der Waals surface area contributed by atoms with Gasteiger partial charge in [0, 0.05) is 18.7 Å². The molecule has 1 heterocycles. The smallest absolute Gasteiger partial charge is 0.251 e. The van der Waals surface area contributed by atoms with Gasteiger partial charge < -0.3 is 16.0 Å². The summed E-state index contributed by atoms with van der Waals surface area (Å²) < 4.78 is 0. The number of nitrogens with zero attached hydrogens (tertiary/aromatic N) is 1. The van der Waals surface area contributed by atoms with Gasteiger partial charge in [-0.05, 0) is 56.4 Å². The van der Waals surface area contributed by atoms with Crippen molar-refractivity contribution in [3.8, 4) is 0 Å². The van der Waals surface area contributed by atoms with Crippen molar-refractivity contribution in [2.24, 2.45) is 11.7 Å². The maximum Gasteiger partial charge on any atom is 0.251 e. The van der Waals surface area contributed by atoms with Crippen molar-refractivity contribution in [3.63, 3.8) is 0 Å². The molecule has 0 bridgehead atoms. The number of thioether (sulfide) groups is 1. The molecule has 6 heteroatoms. The van der Waals surface area contributed by atoms with Crippen LogP contribution in [0.25, 0.3) is 0 Å². The van der Waals surface area contributed by atoms with Crippen LogP contribution in [-0.2, 0) is 4.79 Å². The summed E-state index contributed by atoms with van der Waals surface area (Å²) in [5.41, 5.74) is 7.34. The van der Waals surface area contributed by atoms with Crippen LogP contribution in [0, 0.1) is 12.8 Å². The third-order valence-corrected chi connectivity index (χ3v) is 5.07. The fraction of sp³-hybridized carbons (Fsp3) is 0.556. The highest BCUT2D eigenvalue weighted by Crippen LogP contribution is 2.17. The molecule has 2 atom stereocenters. The molecule has 1 fully saturated rings. The molecule has 0 aromatic heterocycles. The molecule has 1 aromatic rings. The van der Waals surface area contributed by atoms with Crippen LogP contribution in [0.15, 0.2) is 24.3 Å². The van der Waals surface area contributed by atoms with Gasteiger partial charge >= 0.3 is 0 Å². The summed E-state index contributed by atoms with van der Waals surface area (Å²) in [5, 5.41) is 2.93. The van der Waals surface area contributed by atoms with Crippen LogP contribution in [0.4, 0.5) is 0 Å². The van der Waals surface area contributed by atoms with Crippen molar-refractivity contribution < 1.29 is 9.59 Å². The van der Waals surface area contributed by atoms with Gasteiger partial charge in [0.05, 0.1) is 0 Å². The van der Waals surface area contributed by atoms with E-state index in [1.54, 1.807) is 17.8 Å². The number of hydrogen-bond donors (Lipinski definition) is 2. The van der Waals surface area contributed by atoms with E-state index < -0.39 is 6.04 Å². The molecule has 5 nitrogen and oxygen atoms in total. The first kappa shape index (κ1) is 18.8. The van der Waals surface area contributed by atoms with Crippen molar-refractivity contribution in [2.75, 3.05) is 31.6 Å². The Morgan fingerprint density at radius 2 is 2.25 bits per heavy atom. The molecule has 2 amide bonds. The summed E-state index contributed by atoms with van der Waals surface area (Å²) in [4.78, 5) is 27.2. The molecule has 1 aromatic carbocycles. The maximum absolute atomic E-state index is 12.8. The highest BCUT2D eigenvalue weighted by atomic mass is 32.2. The number of benzene rings is 1. The Morgan fingerprint density at radius 1 is 1.46 bits per heavy atom. The molecule has 0 radical (unpaired) electrons. The second-order valence-electron chi connectivity index (χ2n) is 6.35. The zero-order chi connectivity index (χ0) is 17.5. The number of amides is 2. The molecule has 0 aliphatic carbocycles. The average molecular weight is 350 g/mol. The standard InChI is InChI=1S/C18H27N3O2S/c1-13-4-3-5-15(10-13)17(22)20-16(7-9-24-2)18(23)21-8-6-14(11-19)12-21/h3-5,10,14,16H,6-9,11-12,19H2,1-2H3,(H,20,22). The molecular formula is C18H27N3O2S. The van der Waals surface area contributed by atoms with Crippen molar-refractivity contribution in [1.82, 2.24) is 10.2 Å². The Bertz CT molecular complexity index is 579. The minimum atomic E-state index is -0.470. The molecule has 1 aliphatic rings. The lowest BCUT2D eigenvalue weighted by Gasteiger charge is -2.24. The zero-order valence-electron chi connectivity index (χ0n) is 14.5. The van der Waals surface area contributed by atoms with Gasteiger partial charge in [-0.3, -0.25) is 9.59 Å². The average Bonchev–Trinajstić information content (AvgIpc) is 3.07. The number of nitrogens with two attached hydrogens (primary N) is 1. The third-order valence-electron chi connectivity index (χ3n) is 4.43. The topological polar surface area (TPSA) is 75.4 Å². The van der Waals surface area contributed by atoms with E-state index in [1.807, 2.05) is 36.3 Å². The van der Waals surface area contributed by atoms with Crippen LogP contribution in [0.5, 0.6) is 0 Å². The highest BCUT2D eigenvalue weighted by Gasteiger charge is 2.31. The lowest BCUT2D eigenvalue weighted by atomic mass is 10.1. The number of rotatable bonds is 7. The first-order valence-corrected chi connectivity index (χ1v) is 9.80. The summed E-state index contributed by atoms with van der Waals surface area (Å²) >= 11 is 1.68. The van der Waals surface area contributed by atoms with Crippen LogP contribution in [0.2, 0.25) is 0 Å². The Labute approximate surface area is 148 Å². The number of aryl methyl sites for hydroxylation is 1. The Morgan fingerprint density at radius 3 is 2.88 bits per heavy atom. The van der Waals surface area contributed by atoms with Gasteiger partial charge in [0.2, 0.25) is 5.91 Å². The van der Waals surface area contributed by atoms with Gasteiger partial charge in [-0.15, -0.1) is 0 Å². The largest absolute Gasteiger partial charge is 0.341 e. The lowest BCUT2D eigenvalue weighted by molar-refractivity contribution is -0.132. The van der Waals surface area contributed by atoms with Crippen molar-refractivity contribution in [3.05, 3.63) is 35.4 Å². The van der Waals surface area contributed by atoms with E-state index >= 15 is 0 Å². The van der Waals surface area contributed by atoms with E-state index in [-0.39, 0.29) is 11.8 Å². The van der Waals surface area contributed by atoms with Gasteiger partial charge in [-0.2, -0.15) is 11.8 Å². The number of carbonyl (C=O) groups excluding carboxylic acids is 2. The molecule has 0 spiro atoms. The number of likely N-dealkylation sites (tertiary alicyclic amines) is 1. The van der Waals surface area contributed by atoms with Crippen LogP contribution in [0.3, 0.4) is 0 Å². The number of hydrogen-bond acceptors (Lipinski definition) is 4. The van der Waals surface area contributed by atoms with Crippen molar-refractivity contribution >= 4 is 23.6 Å². The van der Waals surface area contributed by atoms with E-state index in [0.717, 1.165) is 24.3 Å². The van der Waals surface area contributed by atoms with Crippen LogP contribution >= 0.6 is 11.8 Å². The first-order chi connectivity index (χ1) is 11.5. The van der Waals surface area contributed by atoms with E-state index in [2.05, 4.69) is 5.32 Å². The Kier molecular flexibility index (Phi) is 7.12. The van der Waals surface area contributed by atoms with Crippen LogP contribution < -0.4 is 11.1 Å². The fourth-order valence-corrected chi connectivity index (χ4v) is 3.44. The van der Waals surface area contributed by atoms with Gasteiger partial charge in [-0.1, -0.05) is 17.7 Å². The zero-order valence-corrected chi connectivity index (χ0v) is 15.3. The highest BCUT2D eigenvalue weighted by molar-refractivity contribution is 7.98. The monoisotopic (exact) mass is 349 g/mol. The van der Waals surface area contributed by atoms with Crippen molar-refractivity contribution in [2.45, 2.75) is 25.8 Å². The van der Waals surface area contributed by atoms with Crippen LogP contribution in [-0.4, -0.2) is 54.4 Å². The maximum atomic E-state index is 12.8. The van der Waals surface area contributed by atoms with Crippen molar-refractivity contribution in [1.29, 1.82) is 0 Å². The summed E-state index contributed by atoms with van der Waals surface area (Å²) in [6, 6.07) is 6.95. The van der Waals surface area contributed by atoms with E-state index in [0.29, 0.717) is 31.0 Å². The molecule has 24 heavy (non-hydrogen) atoms. The molecule has 132 valence electrons. The summed E-state index contributed by atoms with van der Waals surface area (Å²) in [5.74, 6) is 1.04. The van der Waals surface area contributed by atoms with Gasteiger partial charge in [-0.25, -0.2) is 0 Å². The minimum absolute atomic E-state index is 0.0148. The molecule has 2 rings (SSSR count). The quantitative estimate of drug-likeness (QED) is 0.785. The molecule has 1 saturated heterocycles. The molecule has 2 unspecified atom stereocenters. The minimum Gasteiger partial charge on any atom is -0.341 e. The van der Waals surface area contributed by atoms with Gasteiger partial charge in [0.1, 0.15) is 6.04 Å². The first-order valence-electron chi connectivity index (χ1n) is 8.40. The summed E-state index contributed by atoms with van der Waals surface area (Å²) in [7, 11) is 0. The predicted molar refractivity (Wildman–Crippen MR) is 99.2 cm³/mol.